The molecule has 5 nitrogen and oxygen atoms in total. The number of hydrogen-bond acceptors (Lipinski definition) is 5. The Morgan fingerprint density at radius 3 is 2.87 bits per heavy atom. The Morgan fingerprint density at radius 1 is 1.33 bits per heavy atom. The SMILES string of the molecule is C1COC(c2nc(C3CC3)no2)CN1.Cl. The summed E-state index contributed by atoms with van der Waals surface area (Å²) >= 11 is 0. The van der Waals surface area contributed by atoms with Gasteiger partial charge in [-0.05, 0) is 12.8 Å². The third-order valence-corrected chi connectivity index (χ3v) is 2.60. The first kappa shape index (κ1) is 10.9. The minimum Gasteiger partial charge on any atom is -0.366 e. The van der Waals surface area contributed by atoms with Crippen molar-refractivity contribution in [1.82, 2.24) is 15.5 Å². The molecule has 3 rings (SSSR count). The summed E-state index contributed by atoms with van der Waals surface area (Å²) in [5, 5.41) is 7.19. The summed E-state index contributed by atoms with van der Waals surface area (Å²) in [6.07, 6.45) is 2.34. The van der Waals surface area contributed by atoms with Crippen molar-refractivity contribution >= 4 is 12.4 Å². The summed E-state index contributed by atoms with van der Waals surface area (Å²) < 4.78 is 10.7. The maximum Gasteiger partial charge on any atom is 0.257 e. The highest BCUT2D eigenvalue weighted by Gasteiger charge is 2.30. The van der Waals surface area contributed by atoms with Crippen molar-refractivity contribution < 1.29 is 9.26 Å². The molecule has 1 unspecified atom stereocenters. The fraction of sp³-hybridized carbons (Fsp3) is 0.778. The molecular weight excluding hydrogens is 218 g/mol. The molecule has 1 aliphatic heterocycles. The van der Waals surface area contributed by atoms with Gasteiger partial charge >= 0.3 is 0 Å². The van der Waals surface area contributed by atoms with Crippen LogP contribution in [0.25, 0.3) is 0 Å². The van der Waals surface area contributed by atoms with Gasteiger partial charge in [-0.15, -0.1) is 12.4 Å². The summed E-state index contributed by atoms with van der Waals surface area (Å²) in [5.41, 5.74) is 0. The predicted octanol–water partition coefficient (Wildman–Crippen LogP) is 1.03. The fourth-order valence-electron chi connectivity index (χ4n) is 1.61. The molecule has 2 fully saturated rings. The van der Waals surface area contributed by atoms with Gasteiger partial charge in [0.25, 0.3) is 5.89 Å². The first-order valence-corrected chi connectivity index (χ1v) is 5.09. The maximum absolute atomic E-state index is 5.52. The zero-order valence-electron chi connectivity index (χ0n) is 8.31. The predicted molar refractivity (Wildman–Crippen MR) is 55.1 cm³/mol. The Balaban J connectivity index is 0.000000853. The van der Waals surface area contributed by atoms with Gasteiger partial charge in [-0.25, -0.2) is 0 Å². The van der Waals surface area contributed by atoms with Crippen LogP contribution in [-0.2, 0) is 4.74 Å². The molecule has 0 bridgehead atoms. The standard InChI is InChI=1S/C9H13N3O2.ClH/c1-2-6(1)8-11-9(14-12-8)7-5-10-3-4-13-7;/h6-7,10H,1-5H2;1H. The highest BCUT2D eigenvalue weighted by atomic mass is 35.5. The van der Waals surface area contributed by atoms with E-state index in [1.165, 1.54) is 12.8 Å². The van der Waals surface area contributed by atoms with Crippen molar-refractivity contribution in [3.63, 3.8) is 0 Å². The smallest absolute Gasteiger partial charge is 0.257 e. The molecular formula is C9H14ClN3O2. The second-order valence-corrected chi connectivity index (χ2v) is 3.83. The first-order valence-electron chi connectivity index (χ1n) is 5.09. The highest BCUT2D eigenvalue weighted by molar-refractivity contribution is 5.85. The Hall–Kier alpha value is -0.650. The van der Waals surface area contributed by atoms with Gasteiger partial charge in [0.1, 0.15) is 6.10 Å². The van der Waals surface area contributed by atoms with E-state index < -0.39 is 0 Å². The number of aromatic nitrogens is 2. The van der Waals surface area contributed by atoms with E-state index in [1.54, 1.807) is 0 Å². The molecule has 1 aromatic rings. The molecule has 15 heavy (non-hydrogen) atoms. The van der Waals surface area contributed by atoms with Gasteiger partial charge in [0.15, 0.2) is 5.82 Å². The molecule has 0 radical (unpaired) electrons. The van der Waals surface area contributed by atoms with Gasteiger partial charge in [-0.3, -0.25) is 0 Å². The van der Waals surface area contributed by atoms with Crippen molar-refractivity contribution in [1.29, 1.82) is 0 Å². The first-order chi connectivity index (χ1) is 6.93. The molecule has 6 heteroatoms. The van der Waals surface area contributed by atoms with Crippen molar-refractivity contribution in [3.05, 3.63) is 11.7 Å². The lowest BCUT2D eigenvalue weighted by Crippen LogP contribution is -2.33. The summed E-state index contributed by atoms with van der Waals surface area (Å²) in [4.78, 5) is 4.35. The summed E-state index contributed by atoms with van der Waals surface area (Å²) in [6.45, 7) is 2.39. The molecule has 1 aliphatic carbocycles. The lowest BCUT2D eigenvalue weighted by atomic mass is 10.3. The van der Waals surface area contributed by atoms with Crippen LogP contribution >= 0.6 is 12.4 Å². The van der Waals surface area contributed by atoms with E-state index in [0.717, 1.165) is 18.9 Å². The van der Waals surface area contributed by atoms with Crippen molar-refractivity contribution in [3.8, 4) is 0 Å². The molecule has 0 amide bonds. The van der Waals surface area contributed by atoms with E-state index in [4.69, 9.17) is 9.26 Å². The third kappa shape index (κ3) is 2.30. The van der Waals surface area contributed by atoms with E-state index in [2.05, 4.69) is 15.5 Å². The molecule has 0 aromatic carbocycles. The summed E-state index contributed by atoms with van der Waals surface area (Å²) in [5.74, 6) is 2.03. The molecule has 0 spiro atoms. The second kappa shape index (κ2) is 4.47. The molecule has 1 saturated carbocycles. The third-order valence-electron chi connectivity index (χ3n) is 2.60. The van der Waals surface area contributed by atoms with E-state index in [9.17, 15) is 0 Å². The van der Waals surface area contributed by atoms with E-state index in [0.29, 0.717) is 18.4 Å². The zero-order valence-corrected chi connectivity index (χ0v) is 9.13. The van der Waals surface area contributed by atoms with Gasteiger partial charge in [0, 0.05) is 19.0 Å². The largest absolute Gasteiger partial charge is 0.366 e. The number of hydrogen-bond donors (Lipinski definition) is 1. The number of ether oxygens (including phenoxy) is 1. The molecule has 2 aliphatic rings. The van der Waals surface area contributed by atoms with Gasteiger partial charge in [-0.1, -0.05) is 5.16 Å². The minimum absolute atomic E-state index is 0. The normalized spacial score (nSPS) is 26.0. The quantitative estimate of drug-likeness (QED) is 0.824. The minimum atomic E-state index is -0.0521. The fourth-order valence-corrected chi connectivity index (χ4v) is 1.61. The molecule has 1 atom stereocenters. The second-order valence-electron chi connectivity index (χ2n) is 3.83. The average Bonchev–Trinajstić information content (AvgIpc) is 2.98. The van der Waals surface area contributed by atoms with Gasteiger partial charge in [0.05, 0.1) is 6.61 Å². The van der Waals surface area contributed by atoms with Crippen molar-refractivity contribution in [2.45, 2.75) is 24.9 Å². The molecule has 1 saturated heterocycles. The Kier molecular flexibility index (Phi) is 3.23. The number of rotatable bonds is 2. The number of nitrogens with zero attached hydrogens (tertiary/aromatic N) is 2. The van der Waals surface area contributed by atoms with Gasteiger partial charge in [-0.2, -0.15) is 4.98 Å². The summed E-state index contributed by atoms with van der Waals surface area (Å²) in [6, 6.07) is 0. The number of halogens is 1. The number of morpholine rings is 1. The van der Waals surface area contributed by atoms with Gasteiger partial charge in [0.2, 0.25) is 0 Å². The van der Waals surface area contributed by atoms with Crippen molar-refractivity contribution in [2.75, 3.05) is 19.7 Å². The molecule has 1 aromatic heterocycles. The highest BCUT2D eigenvalue weighted by Crippen LogP contribution is 2.38. The lowest BCUT2D eigenvalue weighted by Gasteiger charge is -2.19. The van der Waals surface area contributed by atoms with Crippen LogP contribution in [0.3, 0.4) is 0 Å². The van der Waals surface area contributed by atoms with Crippen LogP contribution in [-0.4, -0.2) is 29.8 Å². The Labute approximate surface area is 94.0 Å². The van der Waals surface area contributed by atoms with Crippen LogP contribution in [0.4, 0.5) is 0 Å². The molecule has 84 valence electrons. The van der Waals surface area contributed by atoms with Crippen LogP contribution in [0.1, 0.15) is 36.6 Å². The number of nitrogens with one attached hydrogen (secondary N) is 1. The summed E-state index contributed by atoms with van der Waals surface area (Å²) in [7, 11) is 0. The van der Waals surface area contributed by atoms with Crippen LogP contribution in [0, 0.1) is 0 Å². The van der Waals surface area contributed by atoms with Crippen LogP contribution in [0.15, 0.2) is 4.52 Å². The van der Waals surface area contributed by atoms with Crippen LogP contribution in [0.2, 0.25) is 0 Å². The zero-order chi connectivity index (χ0) is 9.38. The van der Waals surface area contributed by atoms with E-state index in [1.807, 2.05) is 0 Å². The van der Waals surface area contributed by atoms with Crippen LogP contribution in [0.5, 0.6) is 0 Å². The monoisotopic (exact) mass is 231 g/mol. The van der Waals surface area contributed by atoms with Gasteiger partial charge < -0.3 is 14.6 Å². The Bertz CT molecular complexity index is 321. The maximum atomic E-state index is 5.52. The van der Waals surface area contributed by atoms with Crippen LogP contribution < -0.4 is 5.32 Å². The molecule has 2 heterocycles. The van der Waals surface area contributed by atoms with E-state index >= 15 is 0 Å². The molecule has 1 N–H and O–H groups in total. The van der Waals surface area contributed by atoms with Crippen molar-refractivity contribution in [2.24, 2.45) is 0 Å². The lowest BCUT2D eigenvalue weighted by molar-refractivity contribution is 0.00755. The Morgan fingerprint density at radius 2 is 2.20 bits per heavy atom. The average molecular weight is 232 g/mol. The van der Waals surface area contributed by atoms with E-state index in [-0.39, 0.29) is 18.5 Å². The topological polar surface area (TPSA) is 60.2 Å².